The van der Waals surface area contributed by atoms with Crippen molar-refractivity contribution in [1.82, 2.24) is 9.88 Å². The molecule has 0 radical (unpaired) electrons. The number of amides is 1. The van der Waals surface area contributed by atoms with E-state index < -0.39 is 9.05 Å². The number of aromatic nitrogens is 1. The molecule has 1 amide bonds. The number of carbonyl (C=O) groups excluding carboxylic acids is 1. The highest BCUT2D eigenvalue weighted by molar-refractivity contribution is 8.13. The van der Waals surface area contributed by atoms with Crippen molar-refractivity contribution in [2.45, 2.75) is 24.7 Å². The molecule has 1 fully saturated rings. The van der Waals surface area contributed by atoms with Crippen LogP contribution in [0.3, 0.4) is 0 Å². The van der Waals surface area contributed by atoms with Crippen LogP contribution < -0.4 is 0 Å². The largest absolute Gasteiger partial charge is 0.356 e. The predicted octanol–water partition coefficient (Wildman–Crippen LogP) is 1.81. The highest BCUT2D eigenvalue weighted by Crippen LogP contribution is 2.22. The summed E-state index contributed by atoms with van der Waals surface area (Å²) in [6, 6.07) is 1.28. The fourth-order valence-corrected chi connectivity index (χ4v) is 2.88. The first-order valence-corrected chi connectivity index (χ1v) is 8.15. The van der Waals surface area contributed by atoms with Gasteiger partial charge in [0, 0.05) is 30.0 Å². The minimum atomic E-state index is -3.78. The van der Waals surface area contributed by atoms with Crippen molar-refractivity contribution in [1.29, 1.82) is 0 Å². The summed E-state index contributed by atoms with van der Waals surface area (Å²) in [7, 11) is 1.42. The van der Waals surface area contributed by atoms with Crippen molar-refractivity contribution in [2.24, 2.45) is 5.92 Å². The molecule has 0 aromatic carbocycles. The van der Waals surface area contributed by atoms with Crippen molar-refractivity contribution in [2.75, 3.05) is 13.1 Å². The van der Waals surface area contributed by atoms with Gasteiger partial charge in [-0.2, -0.15) is 0 Å². The molecule has 5 nitrogen and oxygen atoms in total. The van der Waals surface area contributed by atoms with Crippen LogP contribution in [-0.4, -0.2) is 37.3 Å². The van der Waals surface area contributed by atoms with Gasteiger partial charge in [-0.1, -0.05) is 13.3 Å². The number of carbonyl (C=O) groups is 1. The third kappa shape index (κ3) is 2.70. The van der Waals surface area contributed by atoms with Gasteiger partial charge in [-0.3, -0.25) is 4.79 Å². The Kier molecular flexibility index (Phi) is 3.68. The molecular weight excluding hydrogens is 276 g/mol. The molecule has 7 heteroatoms. The van der Waals surface area contributed by atoms with Gasteiger partial charge in [0.05, 0.1) is 0 Å². The molecule has 0 saturated carbocycles. The van der Waals surface area contributed by atoms with E-state index in [1.165, 1.54) is 12.3 Å². The van der Waals surface area contributed by atoms with E-state index in [4.69, 9.17) is 10.7 Å². The maximum absolute atomic E-state index is 12.1. The fraction of sp³-hybridized carbons (Fsp3) is 0.545. The standard InChI is InChI=1S/C11H15ClN2O3S/c1-2-8-3-4-14(7-8)11(15)10-5-9(6-13-10)18(12,16)17/h5-6,8,13H,2-4,7H2,1H3. The van der Waals surface area contributed by atoms with Crippen LogP contribution >= 0.6 is 10.7 Å². The van der Waals surface area contributed by atoms with Gasteiger partial charge >= 0.3 is 0 Å². The zero-order valence-corrected chi connectivity index (χ0v) is 11.6. The number of nitrogens with zero attached hydrogens (tertiary/aromatic N) is 1. The van der Waals surface area contributed by atoms with Crippen molar-refractivity contribution < 1.29 is 13.2 Å². The zero-order valence-electron chi connectivity index (χ0n) is 10.0. The smallest absolute Gasteiger partial charge is 0.270 e. The van der Waals surface area contributed by atoms with E-state index in [-0.39, 0.29) is 16.5 Å². The van der Waals surface area contributed by atoms with Crippen molar-refractivity contribution in [3.8, 4) is 0 Å². The predicted molar refractivity (Wildman–Crippen MR) is 68.1 cm³/mol. The lowest BCUT2D eigenvalue weighted by Crippen LogP contribution is -2.28. The number of hydrogen-bond donors (Lipinski definition) is 1. The molecule has 0 aliphatic carbocycles. The molecule has 0 bridgehead atoms. The molecule has 2 rings (SSSR count). The minimum absolute atomic E-state index is 0.0706. The summed E-state index contributed by atoms with van der Waals surface area (Å²) >= 11 is 0. The number of rotatable bonds is 3. The minimum Gasteiger partial charge on any atom is -0.356 e. The summed E-state index contributed by atoms with van der Waals surface area (Å²) in [5.41, 5.74) is 0.269. The third-order valence-corrected chi connectivity index (χ3v) is 4.65. The van der Waals surface area contributed by atoms with Gasteiger partial charge in [-0.25, -0.2) is 8.42 Å². The molecule has 1 aromatic rings. The first-order valence-electron chi connectivity index (χ1n) is 5.84. The summed E-state index contributed by atoms with van der Waals surface area (Å²) in [6.45, 7) is 3.56. The SMILES string of the molecule is CCC1CCN(C(=O)c2cc(S(=O)(=O)Cl)c[nH]2)C1. The van der Waals surface area contributed by atoms with Gasteiger partial charge in [-0.15, -0.1) is 0 Å². The normalized spacial score (nSPS) is 20.3. The zero-order chi connectivity index (χ0) is 13.3. The molecule has 1 aliphatic heterocycles. The van der Waals surface area contributed by atoms with Gasteiger partial charge in [0.2, 0.25) is 0 Å². The van der Waals surface area contributed by atoms with Crippen LogP contribution in [0.2, 0.25) is 0 Å². The van der Waals surface area contributed by atoms with Gasteiger partial charge in [0.15, 0.2) is 0 Å². The number of nitrogens with one attached hydrogen (secondary N) is 1. The second kappa shape index (κ2) is 4.93. The number of likely N-dealkylation sites (tertiary alicyclic amines) is 1. The quantitative estimate of drug-likeness (QED) is 0.863. The van der Waals surface area contributed by atoms with Crippen molar-refractivity contribution >= 4 is 25.6 Å². The summed E-state index contributed by atoms with van der Waals surface area (Å²) < 4.78 is 22.2. The molecular formula is C11H15ClN2O3S. The first kappa shape index (κ1) is 13.4. The van der Waals surface area contributed by atoms with Crippen LogP contribution in [0.15, 0.2) is 17.2 Å². The summed E-state index contributed by atoms with van der Waals surface area (Å²) in [6.07, 6.45) is 3.29. The molecule has 1 N–H and O–H groups in total. The second-order valence-electron chi connectivity index (χ2n) is 4.50. The third-order valence-electron chi connectivity index (χ3n) is 3.32. The second-order valence-corrected chi connectivity index (χ2v) is 7.07. The summed E-state index contributed by atoms with van der Waals surface area (Å²) in [4.78, 5) is 16.4. The summed E-state index contributed by atoms with van der Waals surface area (Å²) in [5.74, 6) is 0.373. The molecule has 100 valence electrons. The van der Waals surface area contributed by atoms with Crippen LogP contribution in [0.1, 0.15) is 30.3 Å². The average Bonchev–Trinajstić information content (AvgIpc) is 2.96. The van der Waals surface area contributed by atoms with E-state index in [2.05, 4.69) is 11.9 Å². The van der Waals surface area contributed by atoms with E-state index >= 15 is 0 Å². The molecule has 1 saturated heterocycles. The van der Waals surface area contributed by atoms with Gasteiger partial charge < -0.3 is 9.88 Å². The molecule has 2 heterocycles. The van der Waals surface area contributed by atoms with Crippen molar-refractivity contribution in [3.05, 3.63) is 18.0 Å². The molecule has 1 aliphatic rings. The molecule has 18 heavy (non-hydrogen) atoms. The van der Waals surface area contributed by atoms with Crippen LogP contribution in [0.4, 0.5) is 0 Å². The van der Waals surface area contributed by atoms with Crippen LogP contribution in [0.5, 0.6) is 0 Å². The first-order chi connectivity index (χ1) is 8.41. The number of H-pyrrole nitrogens is 1. The monoisotopic (exact) mass is 290 g/mol. The maximum atomic E-state index is 12.1. The maximum Gasteiger partial charge on any atom is 0.270 e. The van der Waals surface area contributed by atoms with E-state index in [1.54, 1.807) is 4.90 Å². The lowest BCUT2D eigenvalue weighted by molar-refractivity contribution is 0.0782. The fourth-order valence-electron chi connectivity index (χ4n) is 2.16. The highest BCUT2D eigenvalue weighted by atomic mass is 35.7. The van der Waals surface area contributed by atoms with Gasteiger partial charge in [0.25, 0.3) is 15.0 Å². The number of hydrogen-bond acceptors (Lipinski definition) is 3. The van der Waals surface area contributed by atoms with E-state index in [1.807, 2.05) is 0 Å². The average molecular weight is 291 g/mol. The molecule has 0 spiro atoms. The van der Waals surface area contributed by atoms with Gasteiger partial charge in [-0.05, 0) is 18.4 Å². The Balaban J connectivity index is 2.13. The Labute approximate surface area is 111 Å². The van der Waals surface area contributed by atoms with E-state index in [0.29, 0.717) is 5.92 Å². The Bertz CT molecular complexity index is 552. The topological polar surface area (TPSA) is 70.2 Å². The Morgan fingerprint density at radius 3 is 2.83 bits per heavy atom. The Hall–Kier alpha value is -1.01. The molecule has 1 atom stereocenters. The van der Waals surface area contributed by atoms with Crippen LogP contribution in [0, 0.1) is 5.92 Å². The Morgan fingerprint density at radius 1 is 1.61 bits per heavy atom. The highest BCUT2D eigenvalue weighted by Gasteiger charge is 2.27. The van der Waals surface area contributed by atoms with E-state index in [0.717, 1.165) is 25.9 Å². The lowest BCUT2D eigenvalue weighted by Gasteiger charge is -2.14. The van der Waals surface area contributed by atoms with Gasteiger partial charge in [0.1, 0.15) is 10.6 Å². The van der Waals surface area contributed by atoms with Crippen LogP contribution in [0.25, 0.3) is 0 Å². The van der Waals surface area contributed by atoms with Crippen molar-refractivity contribution in [3.63, 3.8) is 0 Å². The molecule has 1 unspecified atom stereocenters. The number of aromatic amines is 1. The van der Waals surface area contributed by atoms with Crippen LogP contribution in [-0.2, 0) is 9.05 Å². The van der Waals surface area contributed by atoms with E-state index in [9.17, 15) is 13.2 Å². The molecule has 1 aromatic heterocycles. The Morgan fingerprint density at radius 2 is 2.33 bits per heavy atom. The lowest BCUT2D eigenvalue weighted by atomic mass is 10.1. The number of halogens is 1. The summed E-state index contributed by atoms with van der Waals surface area (Å²) in [5, 5.41) is 0.